The summed E-state index contributed by atoms with van der Waals surface area (Å²) in [6.45, 7) is -0.776. The normalized spacial score (nSPS) is 15.0. The van der Waals surface area contributed by atoms with Crippen molar-refractivity contribution in [3.05, 3.63) is 35.9 Å². The lowest BCUT2D eigenvalue weighted by atomic mass is 10.2. The van der Waals surface area contributed by atoms with Gasteiger partial charge >= 0.3 is 6.72 Å². The third-order valence-corrected chi connectivity index (χ3v) is 4.79. The molecular formula is C9H14NO2PS. The minimum absolute atomic E-state index is 0.384. The average Bonchev–Trinajstić information content (AvgIpc) is 2.17. The van der Waals surface area contributed by atoms with Crippen molar-refractivity contribution in [3.63, 3.8) is 0 Å². The van der Waals surface area contributed by atoms with Gasteiger partial charge < -0.3 is 4.52 Å². The third-order valence-electron chi connectivity index (χ3n) is 1.56. The van der Waals surface area contributed by atoms with E-state index >= 15 is 0 Å². The highest BCUT2D eigenvalue weighted by atomic mass is 32.7. The molecule has 0 fully saturated rings. The van der Waals surface area contributed by atoms with Gasteiger partial charge in [-0.05, 0) is 23.9 Å². The lowest BCUT2D eigenvalue weighted by Crippen LogP contribution is -1.96. The third kappa shape index (κ3) is 4.29. The van der Waals surface area contributed by atoms with Gasteiger partial charge in [0.2, 0.25) is 0 Å². The van der Waals surface area contributed by atoms with Crippen molar-refractivity contribution in [1.29, 1.82) is 0 Å². The van der Waals surface area contributed by atoms with Crippen molar-refractivity contribution in [3.8, 4) is 0 Å². The fraction of sp³-hybridized carbons (Fsp3) is 0.333. The number of hydrogen-bond donors (Lipinski definition) is 1. The molecule has 0 aliphatic heterocycles. The Labute approximate surface area is 88.3 Å². The van der Waals surface area contributed by atoms with Crippen molar-refractivity contribution in [1.82, 2.24) is 0 Å². The smallest absolute Gasteiger partial charge is 0.310 e. The van der Waals surface area contributed by atoms with E-state index in [1.807, 2.05) is 30.3 Å². The Balaban J connectivity index is 2.45. The lowest BCUT2D eigenvalue weighted by Gasteiger charge is -2.10. The molecule has 1 aromatic rings. The number of nitrogens with two attached hydrogens (primary N) is 1. The van der Waals surface area contributed by atoms with Gasteiger partial charge in [0.25, 0.3) is 0 Å². The zero-order chi connectivity index (χ0) is 10.4. The van der Waals surface area contributed by atoms with Gasteiger partial charge in [0.15, 0.2) is 0 Å². The number of rotatable bonds is 5. The van der Waals surface area contributed by atoms with E-state index < -0.39 is 6.72 Å². The van der Waals surface area contributed by atoms with Gasteiger partial charge in [-0.25, -0.2) is 0 Å². The summed E-state index contributed by atoms with van der Waals surface area (Å²) in [6.07, 6.45) is 0. The summed E-state index contributed by atoms with van der Waals surface area (Å²) in [5, 5.41) is 0. The Morgan fingerprint density at radius 2 is 2.07 bits per heavy atom. The zero-order valence-electron chi connectivity index (χ0n) is 8.05. The maximum atomic E-state index is 11.5. The Morgan fingerprint density at radius 3 is 2.64 bits per heavy atom. The summed E-state index contributed by atoms with van der Waals surface area (Å²) in [6, 6.07) is 9.77. The van der Waals surface area contributed by atoms with Crippen LogP contribution in [-0.2, 0) is 14.8 Å². The molecule has 2 N–H and O–H groups in total. The molecule has 0 radical (unpaired) electrons. The fourth-order valence-corrected chi connectivity index (χ4v) is 3.44. The molecule has 1 rings (SSSR count). The molecule has 0 heterocycles. The number of hydrogen-bond acceptors (Lipinski definition) is 3. The minimum Gasteiger partial charge on any atom is -0.310 e. The van der Waals surface area contributed by atoms with Crippen molar-refractivity contribution in [2.45, 2.75) is 12.7 Å². The first-order valence-electron chi connectivity index (χ1n) is 4.35. The molecule has 14 heavy (non-hydrogen) atoms. The molecular weight excluding hydrogens is 217 g/mol. The highest BCUT2D eigenvalue weighted by Gasteiger charge is 2.16. The molecule has 0 bridgehead atoms. The topological polar surface area (TPSA) is 52.3 Å². The molecule has 0 saturated carbocycles. The predicted octanol–water partition coefficient (Wildman–Crippen LogP) is 3.02. The van der Waals surface area contributed by atoms with E-state index in [1.54, 1.807) is 6.92 Å². The van der Waals surface area contributed by atoms with E-state index in [2.05, 4.69) is 0 Å². The average molecular weight is 231 g/mol. The van der Waals surface area contributed by atoms with Gasteiger partial charge in [0.05, 0.1) is 6.61 Å². The SMILES string of the molecule is CCOP(N)(=O)SCc1ccccc1. The van der Waals surface area contributed by atoms with Gasteiger partial charge in [-0.3, -0.25) is 10.1 Å². The van der Waals surface area contributed by atoms with Gasteiger partial charge in [-0.15, -0.1) is 0 Å². The lowest BCUT2D eigenvalue weighted by molar-refractivity contribution is 0.346. The van der Waals surface area contributed by atoms with Gasteiger partial charge in [-0.2, -0.15) is 0 Å². The predicted molar refractivity (Wildman–Crippen MR) is 61.2 cm³/mol. The van der Waals surface area contributed by atoms with Crippen LogP contribution in [0.4, 0.5) is 0 Å². The molecule has 5 heteroatoms. The van der Waals surface area contributed by atoms with Crippen molar-refractivity contribution in [2.75, 3.05) is 6.61 Å². The molecule has 78 valence electrons. The maximum Gasteiger partial charge on any atom is 0.324 e. The summed E-state index contributed by atoms with van der Waals surface area (Å²) in [7, 11) is 0. The van der Waals surface area contributed by atoms with Crippen molar-refractivity contribution >= 4 is 18.1 Å². The number of benzene rings is 1. The fourth-order valence-electron chi connectivity index (χ4n) is 0.956. The van der Waals surface area contributed by atoms with Crippen LogP contribution in [0.25, 0.3) is 0 Å². The zero-order valence-corrected chi connectivity index (χ0v) is 9.76. The molecule has 0 aromatic heterocycles. The molecule has 0 aliphatic rings. The van der Waals surface area contributed by atoms with Crippen LogP contribution >= 0.6 is 18.1 Å². The second kappa shape index (κ2) is 5.56. The molecule has 0 aliphatic carbocycles. The van der Waals surface area contributed by atoms with E-state index in [4.69, 9.17) is 10.0 Å². The molecule has 0 amide bonds. The molecule has 1 atom stereocenters. The van der Waals surface area contributed by atoms with Crippen LogP contribution in [0.5, 0.6) is 0 Å². The van der Waals surface area contributed by atoms with Crippen LogP contribution in [0.15, 0.2) is 30.3 Å². The summed E-state index contributed by atoms with van der Waals surface area (Å²) in [5.74, 6) is 0.620. The standard InChI is InChI=1S/C9H14NO2PS/c1-2-12-13(10,11)14-8-9-6-4-3-5-7-9/h3-7H,2,8H2,1H3,(H2,10,11). The van der Waals surface area contributed by atoms with Crippen LogP contribution in [0.3, 0.4) is 0 Å². The van der Waals surface area contributed by atoms with E-state index in [0.29, 0.717) is 12.4 Å². The maximum absolute atomic E-state index is 11.5. The van der Waals surface area contributed by atoms with Crippen LogP contribution in [0.1, 0.15) is 12.5 Å². The monoisotopic (exact) mass is 231 g/mol. The second-order valence-corrected chi connectivity index (χ2v) is 6.90. The Kier molecular flexibility index (Phi) is 4.69. The van der Waals surface area contributed by atoms with E-state index in [1.165, 1.54) is 11.4 Å². The summed E-state index contributed by atoms with van der Waals surface area (Å²) < 4.78 is 16.5. The minimum atomic E-state index is -2.94. The summed E-state index contributed by atoms with van der Waals surface area (Å²) >= 11 is 1.17. The molecule has 3 nitrogen and oxygen atoms in total. The molecule has 0 saturated heterocycles. The summed E-state index contributed by atoms with van der Waals surface area (Å²) in [5.41, 5.74) is 6.57. The quantitative estimate of drug-likeness (QED) is 0.791. The Morgan fingerprint density at radius 1 is 1.43 bits per heavy atom. The van der Waals surface area contributed by atoms with Crippen molar-refractivity contribution in [2.24, 2.45) is 5.50 Å². The Bertz CT molecular complexity index is 318. The summed E-state index contributed by atoms with van der Waals surface area (Å²) in [4.78, 5) is 0. The molecule has 1 unspecified atom stereocenters. The van der Waals surface area contributed by atoms with Gasteiger partial charge in [-0.1, -0.05) is 30.3 Å². The molecule has 1 aromatic carbocycles. The largest absolute Gasteiger partial charge is 0.324 e. The highest BCUT2D eigenvalue weighted by Crippen LogP contribution is 2.53. The first-order valence-corrected chi connectivity index (χ1v) is 7.64. The van der Waals surface area contributed by atoms with Gasteiger partial charge in [0.1, 0.15) is 0 Å². The highest BCUT2D eigenvalue weighted by molar-refractivity contribution is 8.55. The first-order chi connectivity index (χ1) is 6.64. The van der Waals surface area contributed by atoms with E-state index in [0.717, 1.165) is 5.56 Å². The van der Waals surface area contributed by atoms with Crippen LogP contribution in [0.2, 0.25) is 0 Å². The van der Waals surface area contributed by atoms with Crippen molar-refractivity contribution < 1.29 is 9.09 Å². The van der Waals surface area contributed by atoms with E-state index in [9.17, 15) is 4.57 Å². The van der Waals surface area contributed by atoms with Crippen LogP contribution in [-0.4, -0.2) is 6.61 Å². The van der Waals surface area contributed by atoms with Crippen LogP contribution < -0.4 is 5.50 Å². The van der Waals surface area contributed by atoms with Gasteiger partial charge in [0, 0.05) is 5.75 Å². The second-order valence-electron chi connectivity index (χ2n) is 2.72. The Hall–Kier alpha value is -0.280. The van der Waals surface area contributed by atoms with E-state index in [-0.39, 0.29) is 0 Å². The van der Waals surface area contributed by atoms with Crippen LogP contribution in [0, 0.1) is 0 Å². The first kappa shape index (κ1) is 11.8. The molecule has 0 spiro atoms.